The van der Waals surface area contributed by atoms with E-state index in [-0.39, 0.29) is 13.2 Å². The second kappa shape index (κ2) is 32.8. The van der Waals surface area contributed by atoms with Crippen LogP contribution in [-0.2, 0) is 19.1 Å². The van der Waals surface area contributed by atoms with E-state index in [1.807, 2.05) is 0 Å². The van der Waals surface area contributed by atoms with Crippen molar-refractivity contribution >= 4 is 11.9 Å². The minimum Gasteiger partial charge on any atom is -0.464 e. The summed E-state index contributed by atoms with van der Waals surface area (Å²) in [5.41, 5.74) is 0. The number of aliphatic hydroxyl groups excluding tert-OH is 2. The van der Waals surface area contributed by atoms with Crippen LogP contribution in [-0.4, -0.2) is 47.6 Å². The first-order valence-electron chi connectivity index (χ1n) is 18.2. The SMILES string of the molecule is CCCCCCCCCCCCCCCCOC(=O)C(O)C(O)C(=O)OCCCCCCCCCCCCCCCC. The van der Waals surface area contributed by atoms with Crippen molar-refractivity contribution in [1.82, 2.24) is 0 Å². The number of ether oxygens (including phenoxy) is 2. The van der Waals surface area contributed by atoms with Crippen molar-refractivity contribution in [3.8, 4) is 0 Å². The summed E-state index contributed by atoms with van der Waals surface area (Å²) >= 11 is 0. The fourth-order valence-corrected chi connectivity index (χ4v) is 5.37. The van der Waals surface area contributed by atoms with Gasteiger partial charge in [0.15, 0.2) is 12.2 Å². The summed E-state index contributed by atoms with van der Waals surface area (Å²) in [5, 5.41) is 19.9. The number of unbranched alkanes of at least 4 members (excludes halogenated alkanes) is 26. The van der Waals surface area contributed by atoms with Crippen molar-refractivity contribution in [2.24, 2.45) is 0 Å². The molecule has 0 aliphatic carbocycles. The zero-order chi connectivity index (χ0) is 30.9. The molecule has 0 aromatic carbocycles. The van der Waals surface area contributed by atoms with Crippen molar-refractivity contribution in [1.29, 1.82) is 0 Å². The molecule has 2 N–H and O–H groups in total. The van der Waals surface area contributed by atoms with Crippen molar-refractivity contribution in [2.75, 3.05) is 13.2 Å². The van der Waals surface area contributed by atoms with Crippen LogP contribution in [0, 0.1) is 0 Å². The third-order valence-corrected chi connectivity index (χ3v) is 8.27. The molecule has 6 nitrogen and oxygen atoms in total. The molecular weight excluding hydrogens is 528 g/mol. The van der Waals surface area contributed by atoms with Crippen LogP contribution in [0.5, 0.6) is 0 Å². The number of hydrogen-bond acceptors (Lipinski definition) is 6. The van der Waals surface area contributed by atoms with Crippen molar-refractivity contribution in [3.63, 3.8) is 0 Å². The largest absolute Gasteiger partial charge is 0.464 e. The van der Waals surface area contributed by atoms with Gasteiger partial charge in [-0.3, -0.25) is 0 Å². The minimum atomic E-state index is -1.90. The standard InChI is InChI=1S/C36H70O6/c1-3-5-7-9-11-13-15-17-19-21-23-25-27-29-31-41-35(39)33(37)34(38)36(40)42-32-30-28-26-24-22-20-18-16-14-12-10-8-6-4-2/h33-34,37-38H,3-32H2,1-2H3. The smallest absolute Gasteiger partial charge is 0.338 e. The zero-order valence-corrected chi connectivity index (χ0v) is 27.9. The Labute approximate surface area is 260 Å². The summed E-state index contributed by atoms with van der Waals surface area (Å²) in [5.74, 6) is -1.93. The number of rotatable bonds is 33. The third kappa shape index (κ3) is 27.7. The van der Waals surface area contributed by atoms with Crippen LogP contribution in [0.1, 0.15) is 194 Å². The molecule has 250 valence electrons. The molecule has 42 heavy (non-hydrogen) atoms. The van der Waals surface area contributed by atoms with Gasteiger partial charge in [0, 0.05) is 0 Å². The number of carbonyl (C=O) groups excluding carboxylic acids is 2. The quantitative estimate of drug-likeness (QED) is 0.0577. The Morgan fingerprint density at radius 2 is 0.571 bits per heavy atom. The lowest BCUT2D eigenvalue weighted by molar-refractivity contribution is -0.173. The molecule has 0 saturated carbocycles. The maximum Gasteiger partial charge on any atom is 0.338 e. The Hall–Kier alpha value is -1.14. The monoisotopic (exact) mass is 599 g/mol. The van der Waals surface area contributed by atoms with Gasteiger partial charge in [-0.2, -0.15) is 0 Å². The molecule has 0 amide bonds. The van der Waals surface area contributed by atoms with Gasteiger partial charge in [-0.25, -0.2) is 9.59 Å². The fourth-order valence-electron chi connectivity index (χ4n) is 5.37. The van der Waals surface area contributed by atoms with Crippen molar-refractivity contribution in [2.45, 2.75) is 206 Å². The predicted molar refractivity (Wildman–Crippen MR) is 175 cm³/mol. The maximum absolute atomic E-state index is 12.0. The molecule has 0 aliphatic rings. The molecule has 2 atom stereocenters. The predicted octanol–water partition coefficient (Wildman–Crippen LogP) is 9.76. The van der Waals surface area contributed by atoms with Crippen molar-refractivity contribution in [3.05, 3.63) is 0 Å². The van der Waals surface area contributed by atoms with Gasteiger partial charge in [-0.05, 0) is 12.8 Å². The van der Waals surface area contributed by atoms with E-state index in [1.54, 1.807) is 0 Å². The molecule has 0 rings (SSSR count). The average Bonchev–Trinajstić information content (AvgIpc) is 3.00. The van der Waals surface area contributed by atoms with Crippen LogP contribution in [0.25, 0.3) is 0 Å². The molecule has 0 heterocycles. The lowest BCUT2D eigenvalue weighted by atomic mass is 10.0. The Balaban J connectivity index is 3.53. The normalized spacial score (nSPS) is 12.8. The molecule has 0 spiro atoms. The fraction of sp³-hybridized carbons (Fsp3) is 0.944. The number of esters is 2. The molecule has 0 aromatic rings. The van der Waals surface area contributed by atoms with E-state index in [0.29, 0.717) is 0 Å². The Morgan fingerprint density at radius 3 is 0.786 bits per heavy atom. The van der Waals surface area contributed by atoms with Gasteiger partial charge in [0.05, 0.1) is 13.2 Å². The highest BCUT2D eigenvalue weighted by atomic mass is 16.6. The number of carbonyl (C=O) groups is 2. The van der Waals surface area contributed by atoms with Gasteiger partial charge in [-0.15, -0.1) is 0 Å². The lowest BCUT2D eigenvalue weighted by Crippen LogP contribution is -2.41. The lowest BCUT2D eigenvalue weighted by Gasteiger charge is -2.16. The van der Waals surface area contributed by atoms with E-state index < -0.39 is 24.1 Å². The Bertz CT molecular complexity index is 531. The summed E-state index contributed by atoms with van der Waals surface area (Å²) in [6.07, 6.45) is 31.0. The average molecular weight is 599 g/mol. The minimum absolute atomic E-state index is 0.189. The van der Waals surface area contributed by atoms with Gasteiger partial charge < -0.3 is 19.7 Å². The van der Waals surface area contributed by atoms with Gasteiger partial charge in [0.25, 0.3) is 0 Å². The Kier molecular flexibility index (Phi) is 31.9. The van der Waals surface area contributed by atoms with Crippen molar-refractivity contribution < 1.29 is 29.3 Å². The molecule has 0 radical (unpaired) electrons. The summed E-state index contributed by atoms with van der Waals surface area (Å²) in [7, 11) is 0. The van der Waals surface area contributed by atoms with Crippen LogP contribution < -0.4 is 0 Å². The molecule has 6 heteroatoms. The molecule has 2 unspecified atom stereocenters. The summed E-state index contributed by atoms with van der Waals surface area (Å²) in [6.45, 7) is 4.89. The highest BCUT2D eigenvalue weighted by Gasteiger charge is 2.32. The first kappa shape index (κ1) is 40.9. The first-order chi connectivity index (χ1) is 20.5. The molecule has 0 saturated heterocycles. The van der Waals surface area contributed by atoms with Crippen LogP contribution >= 0.6 is 0 Å². The molecular formula is C36H70O6. The van der Waals surface area contributed by atoms with E-state index in [9.17, 15) is 19.8 Å². The van der Waals surface area contributed by atoms with E-state index in [2.05, 4.69) is 13.8 Å². The third-order valence-electron chi connectivity index (χ3n) is 8.27. The second-order valence-corrected chi connectivity index (χ2v) is 12.4. The number of hydrogen-bond donors (Lipinski definition) is 2. The van der Waals surface area contributed by atoms with E-state index in [1.165, 1.54) is 141 Å². The highest BCUT2D eigenvalue weighted by Crippen LogP contribution is 2.14. The van der Waals surface area contributed by atoms with Crippen LogP contribution in [0.4, 0.5) is 0 Å². The molecule has 0 fully saturated rings. The second-order valence-electron chi connectivity index (χ2n) is 12.4. The topological polar surface area (TPSA) is 93.1 Å². The Morgan fingerprint density at radius 1 is 0.381 bits per heavy atom. The summed E-state index contributed by atoms with van der Waals surface area (Å²) in [4.78, 5) is 24.0. The van der Waals surface area contributed by atoms with E-state index >= 15 is 0 Å². The molecule has 0 aromatic heterocycles. The van der Waals surface area contributed by atoms with Gasteiger partial charge in [0.2, 0.25) is 0 Å². The van der Waals surface area contributed by atoms with E-state index in [0.717, 1.165) is 38.5 Å². The summed E-state index contributed by atoms with van der Waals surface area (Å²) in [6, 6.07) is 0. The summed E-state index contributed by atoms with van der Waals surface area (Å²) < 4.78 is 10.1. The van der Waals surface area contributed by atoms with Crippen LogP contribution in [0.2, 0.25) is 0 Å². The van der Waals surface area contributed by atoms with Gasteiger partial charge in [0.1, 0.15) is 0 Å². The maximum atomic E-state index is 12.0. The first-order valence-corrected chi connectivity index (χ1v) is 18.2. The van der Waals surface area contributed by atoms with Gasteiger partial charge >= 0.3 is 11.9 Å². The molecule has 0 aliphatic heterocycles. The molecule has 0 bridgehead atoms. The number of aliphatic hydroxyl groups is 2. The van der Waals surface area contributed by atoms with Gasteiger partial charge in [-0.1, -0.05) is 181 Å². The zero-order valence-electron chi connectivity index (χ0n) is 27.9. The van der Waals surface area contributed by atoms with Crippen LogP contribution in [0.15, 0.2) is 0 Å². The highest BCUT2D eigenvalue weighted by molar-refractivity contribution is 5.85. The van der Waals surface area contributed by atoms with Crippen LogP contribution in [0.3, 0.4) is 0 Å². The van der Waals surface area contributed by atoms with E-state index in [4.69, 9.17) is 9.47 Å².